The molecule has 5 heteroatoms. The zero-order chi connectivity index (χ0) is 19.5. The predicted octanol–water partition coefficient (Wildman–Crippen LogP) is 3.48. The van der Waals surface area contributed by atoms with Gasteiger partial charge in [-0.1, -0.05) is 30.3 Å². The van der Waals surface area contributed by atoms with Gasteiger partial charge in [-0.05, 0) is 55.0 Å². The van der Waals surface area contributed by atoms with Crippen molar-refractivity contribution in [2.24, 2.45) is 11.7 Å². The smallest absolute Gasteiger partial charge is 0.228 e. The Hall–Kier alpha value is -3.08. The number of nitrogens with one attached hydrogen (secondary N) is 2. The minimum atomic E-state index is 0.0547. The molecule has 1 aliphatic rings. The number of nitrogens with zero attached hydrogens (tertiary/aromatic N) is 1. The molecule has 0 radical (unpaired) electrons. The highest BCUT2D eigenvalue weighted by molar-refractivity contribution is 5.98. The van der Waals surface area contributed by atoms with Gasteiger partial charge >= 0.3 is 0 Å². The Kier molecular flexibility index (Phi) is 5.15. The summed E-state index contributed by atoms with van der Waals surface area (Å²) in [4.78, 5) is 18.0. The first-order valence-corrected chi connectivity index (χ1v) is 9.86. The Labute approximate surface area is 165 Å². The summed E-state index contributed by atoms with van der Waals surface area (Å²) in [5.41, 5.74) is 9.52. The topological polar surface area (TPSA) is 86.0 Å². The molecule has 144 valence electrons. The molecule has 2 aromatic carbocycles. The summed E-state index contributed by atoms with van der Waals surface area (Å²) in [7, 11) is 0. The number of benzene rings is 2. The van der Waals surface area contributed by atoms with Crippen LogP contribution in [-0.2, 0) is 17.6 Å². The molecule has 0 atom stereocenters. The van der Waals surface area contributed by atoms with Crippen LogP contribution >= 0.6 is 0 Å². The van der Waals surface area contributed by atoms with Crippen LogP contribution in [0.1, 0.15) is 29.7 Å². The minimum absolute atomic E-state index is 0.0547. The third-order valence-electron chi connectivity index (χ3n) is 5.66. The second-order valence-corrected chi connectivity index (χ2v) is 7.70. The molecule has 4 N–H and O–H groups in total. The van der Waals surface area contributed by atoms with E-state index < -0.39 is 0 Å². The van der Waals surface area contributed by atoms with E-state index in [9.17, 15) is 4.79 Å². The fraction of sp³-hybridized carbons (Fsp3) is 0.304. The summed E-state index contributed by atoms with van der Waals surface area (Å²) < 4.78 is 0. The number of piperidine rings is 1. The van der Waals surface area contributed by atoms with Gasteiger partial charge in [0.2, 0.25) is 5.91 Å². The molecule has 2 heterocycles. The number of carbonyl (C=O) groups excluding carboxylic acids is 1. The monoisotopic (exact) mass is 374 g/mol. The van der Waals surface area contributed by atoms with E-state index in [4.69, 9.17) is 11.1 Å². The van der Waals surface area contributed by atoms with Crippen LogP contribution in [0.25, 0.3) is 10.9 Å². The molecule has 1 fully saturated rings. The zero-order valence-electron chi connectivity index (χ0n) is 15.9. The molecule has 0 aliphatic carbocycles. The van der Waals surface area contributed by atoms with E-state index in [0.29, 0.717) is 17.9 Å². The van der Waals surface area contributed by atoms with Crippen LogP contribution in [-0.4, -0.2) is 34.7 Å². The number of hydrogen-bond donors (Lipinski definition) is 3. The molecule has 5 nitrogen and oxygen atoms in total. The standard InChI is InChI=1S/C23H26N4O/c24-23(25)18-6-7-21-19(13-18)14-20(26-21)15-22(28)27-10-8-17(9-11-27)12-16-4-2-1-3-5-16/h1-7,13-14,17,26H,8-12,15H2,(H3,24,25). The normalized spacial score (nSPS) is 15.1. The van der Waals surface area contributed by atoms with Crippen molar-refractivity contribution in [3.8, 4) is 0 Å². The summed E-state index contributed by atoms with van der Waals surface area (Å²) in [6.07, 6.45) is 3.61. The molecule has 3 aromatic rings. The molecule has 28 heavy (non-hydrogen) atoms. The third-order valence-corrected chi connectivity index (χ3v) is 5.66. The van der Waals surface area contributed by atoms with Gasteiger partial charge in [-0.3, -0.25) is 10.2 Å². The lowest BCUT2D eigenvalue weighted by Gasteiger charge is -2.32. The number of aromatic amines is 1. The van der Waals surface area contributed by atoms with Crippen LogP contribution in [0.5, 0.6) is 0 Å². The summed E-state index contributed by atoms with van der Waals surface area (Å²) in [5, 5.41) is 8.54. The van der Waals surface area contributed by atoms with E-state index in [1.54, 1.807) is 0 Å². The van der Waals surface area contributed by atoms with E-state index in [0.717, 1.165) is 48.9 Å². The van der Waals surface area contributed by atoms with Crippen molar-refractivity contribution < 1.29 is 4.79 Å². The first-order chi connectivity index (χ1) is 13.6. The van der Waals surface area contributed by atoms with Crippen LogP contribution < -0.4 is 5.73 Å². The van der Waals surface area contributed by atoms with Crippen molar-refractivity contribution in [3.05, 3.63) is 71.4 Å². The van der Waals surface area contributed by atoms with E-state index in [1.807, 2.05) is 29.2 Å². The van der Waals surface area contributed by atoms with Crippen molar-refractivity contribution in [1.82, 2.24) is 9.88 Å². The molecule has 1 saturated heterocycles. The molecule has 4 rings (SSSR count). The average Bonchev–Trinajstić information content (AvgIpc) is 3.10. The Balaban J connectivity index is 1.34. The van der Waals surface area contributed by atoms with Crippen LogP contribution in [0.2, 0.25) is 0 Å². The third kappa shape index (κ3) is 4.09. The molecular weight excluding hydrogens is 348 g/mol. The van der Waals surface area contributed by atoms with Gasteiger partial charge in [0.1, 0.15) is 5.84 Å². The Morgan fingerprint density at radius 2 is 1.86 bits per heavy atom. The summed E-state index contributed by atoms with van der Waals surface area (Å²) in [6, 6.07) is 18.2. The number of rotatable bonds is 5. The quantitative estimate of drug-likeness (QED) is 0.472. The van der Waals surface area contributed by atoms with Gasteiger partial charge in [0.05, 0.1) is 6.42 Å². The lowest BCUT2D eigenvalue weighted by molar-refractivity contribution is -0.131. The number of likely N-dealkylation sites (tertiary alicyclic amines) is 1. The number of hydrogen-bond acceptors (Lipinski definition) is 2. The van der Waals surface area contributed by atoms with E-state index in [2.05, 4.69) is 35.3 Å². The van der Waals surface area contributed by atoms with Gasteiger partial charge in [0.25, 0.3) is 0 Å². The molecule has 1 aromatic heterocycles. The number of aromatic nitrogens is 1. The van der Waals surface area contributed by atoms with Gasteiger partial charge in [-0.2, -0.15) is 0 Å². The number of fused-ring (bicyclic) bond motifs is 1. The molecule has 0 saturated carbocycles. The molecule has 1 aliphatic heterocycles. The highest BCUT2D eigenvalue weighted by Crippen LogP contribution is 2.23. The van der Waals surface area contributed by atoms with Crippen LogP contribution in [0.15, 0.2) is 54.6 Å². The Bertz CT molecular complexity index is 984. The highest BCUT2D eigenvalue weighted by atomic mass is 16.2. The van der Waals surface area contributed by atoms with Crippen LogP contribution in [0.3, 0.4) is 0 Å². The second-order valence-electron chi connectivity index (χ2n) is 7.70. The fourth-order valence-corrected chi connectivity index (χ4v) is 4.06. The largest absolute Gasteiger partial charge is 0.384 e. The van der Waals surface area contributed by atoms with Gasteiger partial charge in [0.15, 0.2) is 0 Å². The van der Waals surface area contributed by atoms with E-state index in [1.165, 1.54) is 5.56 Å². The number of H-pyrrole nitrogens is 1. The molecule has 0 unspecified atom stereocenters. The molecule has 0 spiro atoms. The van der Waals surface area contributed by atoms with Gasteiger partial charge in [-0.15, -0.1) is 0 Å². The average molecular weight is 374 g/mol. The maximum Gasteiger partial charge on any atom is 0.228 e. The van der Waals surface area contributed by atoms with E-state index in [-0.39, 0.29) is 11.7 Å². The van der Waals surface area contributed by atoms with Gasteiger partial charge < -0.3 is 15.6 Å². The maximum absolute atomic E-state index is 12.7. The van der Waals surface area contributed by atoms with Gasteiger partial charge in [-0.25, -0.2) is 0 Å². The lowest BCUT2D eigenvalue weighted by Crippen LogP contribution is -2.39. The second kappa shape index (κ2) is 7.89. The lowest BCUT2D eigenvalue weighted by atomic mass is 9.90. The number of amidine groups is 1. The van der Waals surface area contributed by atoms with Crippen molar-refractivity contribution in [2.45, 2.75) is 25.7 Å². The first-order valence-electron chi connectivity index (χ1n) is 9.86. The molecule has 1 amide bonds. The van der Waals surface area contributed by atoms with Crippen molar-refractivity contribution in [3.63, 3.8) is 0 Å². The van der Waals surface area contributed by atoms with Gasteiger partial charge in [0, 0.05) is 35.2 Å². The minimum Gasteiger partial charge on any atom is -0.384 e. The van der Waals surface area contributed by atoms with Crippen molar-refractivity contribution >= 4 is 22.6 Å². The molecule has 0 bridgehead atoms. The summed E-state index contributed by atoms with van der Waals surface area (Å²) in [6.45, 7) is 1.68. The Morgan fingerprint density at radius 1 is 1.11 bits per heavy atom. The predicted molar refractivity (Wildman–Crippen MR) is 112 cm³/mol. The Morgan fingerprint density at radius 3 is 2.57 bits per heavy atom. The fourth-order valence-electron chi connectivity index (χ4n) is 4.06. The van der Waals surface area contributed by atoms with Crippen molar-refractivity contribution in [1.29, 1.82) is 5.41 Å². The maximum atomic E-state index is 12.7. The van der Waals surface area contributed by atoms with Crippen molar-refractivity contribution in [2.75, 3.05) is 13.1 Å². The molecular formula is C23H26N4O. The number of carbonyl (C=O) groups is 1. The highest BCUT2D eigenvalue weighted by Gasteiger charge is 2.23. The summed E-state index contributed by atoms with van der Waals surface area (Å²) >= 11 is 0. The first kappa shape index (κ1) is 18.3. The number of nitrogens with two attached hydrogens (primary N) is 1. The SMILES string of the molecule is N=C(N)c1ccc2[nH]c(CC(=O)N3CCC(Cc4ccccc4)CC3)cc2c1. The summed E-state index contributed by atoms with van der Waals surface area (Å²) in [5.74, 6) is 0.889. The van der Waals surface area contributed by atoms with Crippen LogP contribution in [0.4, 0.5) is 0 Å². The number of nitrogen functional groups attached to an aromatic ring is 1. The number of amides is 1. The van der Waals surface area contributed by atoms with E-state index >= 15 is 0 Å². The zero-order valence-corrected chi connectivity index (χ0v) is 15.9. The van der Waals surface area contributed by atoms with Crippen LogP contribution in [0, 0.1) is 11.3 Å².